The first-order chi connectivity index (χ1) is 9.15. The molecule has 1 heterocycles. The monoisotopic (exact) mass is 282 g/mol. The summed E-state index contributed by atoms with van der Waals surface area (Å²) < 4.78 is 0. The number of nitrogens with two attached hydrogens (primary N) is 1. The molecule has 1 saturated heterocycles. The predicted molar refractivity (Wildman–Crippen MR) is 76.2 cm³/mol. The molecule has 1 aromatic carbocycles. The number of para-hydroxylation sites is 1. The third-order valence-electron chi connectivity index (χ3n) is 3.63. The average Bonchev–Trinajstić information content (AvgIpc) is 2.66. The SMILES string of the molecule is Nc1c(Cl)cccc1C(=O)N1CCCCCC1CO. The molecule has 4 nitrogen and oxygen atoms in total. The highest BCUT2D eigenvalue weighted by Crippen LogP contribution is 2.26. The zero-order valence-electron chi connectivity index (χ0n) is 10.8. The number of anilines is 1. The van der Waals surface area contributed by atoms with Gasteiger partial charge in [-0.3, -0.25) is 4.79 Å². The van der Waals surface area contributed by atoms with Gasteiger partial charge < -0.3 is 15.7 Å². The second-order valence-corrected chi connectivity index (χ2v) is 5.29. The van der Waals surface area contributed by atoms with Crippen LogP contribution in [0.2, 0.25) is 5.02 Å². The Kier molecular flexibility index (Phi) is 4.66. The Morgan fingerprint density at radius 1 is 1.42 bits per heavy atom. The van der Waals surface area contributed by atoms with Crippen LogP contribution < -0.4 is 5.73 Å². The summed E-state index contributed by atoms with van der Waals surface area (Å²) in [6, 6.07) is 4.95. The first-order valence-corrected chi connectivity index (χ1v) is 6.98. The zero-order valence-corrected chi connectivity index (χ0v) is 11.6. The number of aliphatic hydroxyl groups is 1. The number of nitrogens with zero attached hydrogens (tertiary/aromatic N) is 1. The Morgan fingerprint density at radius 2 is 2.21 bits per heavy atom. The van der Waals surface area contributed by atoms with E-state index in [9.17, 15) is 9.90 Å². The molecule has 0 saturated carbocycles. The number of likely N-dealkylation sites (tertiary alicyclic amines) is 1. The maximum atomic E-state index is 12.6. The van der Waals surface area contributed by atoms with Gasteiger partial charge in [-0.2, -0.15) is 0 Å². The minimum atomic E-state index is -0.138. The summed E-state index contributed by atoms with van der Waals surface area (Å²) in [4.78, 5) is 14.3. The molecule has 0 aliphatic carbocycles. The highest BCUT2D eigenvalue weighted by Gasteiger charge is 2.27. The molecule has 1 unspecified atom stereocenters. The summed E-state index contributed by atoms with van der Waals surface area (Å²) in [6.45, 7) is 0.655. The van der Waals surface area contributed by atoms with Crippen molar-refractivity contribution in [2.24, 2.45) is 0 Å². The van der Waals surface area contributed by atoms with Crippen molar-refractivity contribution in [1.82, 2.24) is 4.90 Å². The minimum Gasteiger partial charge on any atom is -0.397 e. The van der Waals surface area contributed by atoms with Gasteiger partial charge in [-0.1, -0.05) is 30.5 Å². The van der Waals surface area contributed by atoms with Crippen LogP contribution in [0.5, 0.6) is 0 Å². The topological polar surface area (TPSA) is 66.6 Å². The second-order valence-electron chi connectivity index (χ2n) is 4.89. The maximum Gasteiger partial charge on any atom is 0.256 e. The Balaban J connectivity index is 2.28. The molecule has 1 aromatic rings. The van der Waals surface area contributed by atoms with E-state index in [1.807, 2.05) is 0 Å². The van der Waals surface area contributed by atoms with Crippen LogP contribution in [0.25, 0.3) is 0 Å². The molecule has 1 aliphatic heterocycles. The van der Waals surface area contributed by atoms with Crippen molar-refractivity contribution in [2.75, 3.05) is 18.9 Å². The van der Waals surface area contributed by atoms with Crippen LogP contribution in [0.15, 0.2) is 18.2 Å². The zero-order chi connectivity index (χ0) is 13.8. The van der Waals surface area contributed by atoms with Crippen LogP contribution in [0.3, 0.4) is 0 Å². The summed E-state index contributed by atoms with van der Waals surface area (Å²) in [5, 5.41) is 9.84. The number of aliphatic hydroxyl groups excluding tert-OH is 1. The smallest absolute Gasteiger partial charge is 0.256 e. The van der Waals surface area contributed by atoms with Gasteiger partial charge in [-0.15, -0.1) is 0 Å². The van der Waals surface area contributed by atoms with E-state index in [1.54, 1.807) is 23.1 Å². The molecular weight excluding hydrogens is 264 g/mol. The average molecular weight is 283 g/mol. The molecule has 3 N–H and O–H groups in total. The van der Waals surface area contributed by atoms with Crippen molar-refractivity contribution in [3.63, 3.8) is 0 Å². The van der Waals surface area contributed by atoms with Gasteiger partial charge in [0.2, 0.25) is 0 Å². The summed E-state index contributed by atoms with van der Waals surface area (Å²) in [7, 11) is 0. The van der Waals surface area contributed by atoms with Gasteiger partial charge in [0.1, 0.15) is 0 Å². The van der Waals surface area contributed by atoms with Gasteiger partial charge in [-0.05, 0) is 25.0 Å². The molecule has 1 fully saturated rings. The molecule has 1 amide bonds. The lowest BCUT2D eigenvalue weighted by Crippen LogP contribution is -2.42. The molecule has 0 spiro atoms. The molecule has 2 rings (SSSR count). The Hall–Kier alpha value is -1.26. The normalized spacial score (nSPS) is 20.1. The lowest BCUT2D eigenvalue weighted by Gasteiger charge is -2.29. The molecule has 19 heavy (non-hydrogen) atoms. The molecule has 0 radical (unpaired) electrons. The second kappa shape index (κ2) is 6.26. The van der Waals surface area contributed by atoms with Gasteiger partial charge in [0.05, 0.1) is 28.9 Å². The minimum absolute atomic E-state index is 0.00773. The first-order valence-electron chi connectivity index (χ1n) is 6.61. The molecule has 0 bridgehead atoms. The largest absolute Gasteiger partial charge is 0.397 e. The molecule has 1 aliphatic rings. The van der Waals surface area contributed by atoms with Crippen LogP contribution in [0.4, 0.5) is 5.69 Å². The van der Waals surface area contributed by atoms with Crippen LogP contribution in [-0.2, 0) is 0 Å². The molecule has 0 aromatic heterocycles. The number of halogens is 1. The number of carbonyl (C=O) groups is 1. The number of rotatable bonds is 2. The number of amides is 1. The van der Waals surface area contributed by atoms with E-state index in [2.05, 4.69) is 0 Å². The summed E-state index contributed by atoms with van der Waals surface area (Å²) in [5.74, 6) is -0.138. The molecule has 104 valence electrons. The number of hydrogen-bond acceptors (Lipinski definition) is 3. The highest BCUT2D eigenvalue weighted by atomic mass is 35.5. The third kappa shape index (κ3) is 3.01. The molecule has 5 heteroatoms. The maximum absolute atomic E-state index is 12.6. The Bertz CT molecular complexity index is 465. The van der Waals surface area contributed by atoms with Crippen LogP contribution >= 0.6 is 11.6 Å². The lowest BCUT2D eigenvalue weighted by molar-refractivity contribution is 0.0601. The van der Waals surface area contributed by atoms with Crippen molar-refractivity contribution in [3.05, 3.63) is 28.8 Å². The van der Waals surface area contributed by atoms with E-state index in [1.165, 1.54) is 0 Å². The third-order valence-corrected chi connectivity index (χ3v) is 3.96. The lowest BCUT2D eigenvalue weighted by atomic mass is 10.1. The van der Waals surface area contributed by atoms with Gasteiger partial charge in [0.15, 0.2) is 0 Å². The van der Waals surface area contributed by atoms with E-state index in [0.29, 0.717) is 22.8 Å². The first kappa shape index (κ1) is 14.2. The van der Waals surface area contributed by atoms with E-state index in [-0.39, 0.29) is 18.6 Å². The predicted octanol–water partition coefficient (Wildman–Crippen LogP) is 2.30. The van der Waals surface area contributed by atoms with E-state index < -0.39 is 0 Å². The van der Waals surface area contributed by atoms with Crippen LogP contribution in [0.1, 0.15) is 36.0 Å². The fourth-order valence-corrected chi connectivity index (χ4v) is 2.69. The highest BCUT2D eigenvalue weighted by molar-refractivity contribution is 6.33. The van der Waals surface area contributed by atoms with Crippen molar-refractivity contribution >= 4 is 23.2 Å². The fraction of sp³-hybridized carbons (Fsp3) is 0.500. The summed E-state index contributed by atoms with van der Waals surface area (Å²) in [6.07, 6.45) is 3.93. The quantitative estimate of drug-likeness (QED) is 0.818. The Labute approximate surface area is 118 Å². The number of benzene rings is 1. The van der Waals surface area contributed by atoms with E-state index >= 15 is 0 Å². The molecule has 1 atom stereocenters. The van der Waals surface area contributed by atoms with Gasteiger partial charge in [0.25, 0.3) is 5.91 Å². The van der Waals surface area contributed by atoms with Gasteiger partial charge in [0, 0.05) is 6.54 Å². The van der Waals surface area contributed by atoms with Gasteiger partial charge in [-0.25, -0.2) is 0 Å². The summed E-state index contributed by atoms with van der Waals surface area (Å²) in [5.41, 5.74) is 6.61. The van der Waals surface area contributed by atoms with Crippen molar-refractivity contribution < 1.29 is 9.90 Å². The standard InChI is InChI=1S/C14H19ClN2O2/c15-12-7-4-6-11(13(12)16)14(19)17-8-3-1-2-5-10(17)9-18/h4,6-7,10,18H,1-3,5,8-9,16H2. The van der Waals surface area contributed by atoms with Gasteiger partial charge >= 0.3 is 0 Å². The van der Waals surface area contributed by atoms with E-state index in [0.717, 1.165) is 25.7 Å². The fourth-order valence-electron chi connectivity index (χ4n) is 2.51. The number of carbonyl (C=O) groups excluding carboxylic acids is 1. The number of hydrogen-bond donors (Lipinski definition) is 2. The molecular formula is C14H19ClN2O2. The summed E-state index contributed by atoms with van der Waals surface area (Å²) >= 11 is 5.95. The van der Waals surface area contributed by atoms with Crippen molar-refractivity contribution in [1.29, 1.82) is 0 Å². The van der Waals surface area contributed by atoms with Crippen LogP contribution in [-0.4, -0.2) is 35.1 Å². The van der Waals surface area contributed by atoms with E-state index in [4.69, 9.17) is 17.3 Å². The van der Waals surface area contributed by atoms with Crippen molar-refractivity contribution in [3.8, 4) is 0 Å². The van der Waals surface area contributed by atoms with Crippen LogP contribution in [0, 0.1) is 0 Å². The number of nitrogen functional groups attached to an aromatic ring is 1. The van der Waals surface area contributed by atoms with Crippen molar-refractivity contribution in [2.45, 2.75) is 31.7 Å². The Morgan fingerprint density at radius 3 is 2.95 bits per heavy atom.